The summed E-state index contributed by atoms with van der Waals surface area (Å²) in [6.45, 7) is 0.170. The van der Waals surface area contributed by atoms with E-state index in [-0.39, 0.29) is 42.8 Å². The number of carbonyl (C=O) groups excluding carboxylic acids is 3. The monoisotopic (exact) mass is 1050 g/mol. The van der Waals surface area contributed by atoms with E-state index in [0.29, 0.717) is 5.56 Å². The summed E-state index contributed by atoms with van der Waals surface area (Å²) in [4.78, 5) is 53.8. The van der Waals surface area contributed by atoms with E-state index >= 15 is 0 Å². The van der Waals surface area contributed by atoms with Crippen LogP contribution in [-0.4, -0.2) is 219 Å². The van der Waals surface area contributed by atoms with Crippen molar-refractivity contribution in [2.75, 3.05) is 19.8 Å². The molecule has 1 amide bonds. The fourth-order valence-corrected chi connectivity index (χ4v) is 9.68. The quantitative estimate of drug-likeness (QED) is 0.0516. The molecule has 1 saturated carbocycles. The van der Waals surface area contributed by atoms with E-state index in [1.807, 2.05) is 0 Å². The number of nitrogens with one attached hydrogen (secondary N) is 1. The molecule has 3 aliphatic heterocycles. The van der Waals surface area contributed by atoms with Crippen LogP contribution in [0, 0.1) is 11.7 Å². The normalized spacial score (nSPS) is 36.3. The van der Waals surface area contributed by atoms with Gasteiger partial charge in [0.1, 0.15) is 78.3 Å². The third-order valence-electron chi connectivity index (χ3n) is 13.6. The van der Waals surface area contributed by atoms with Crippen molar-refractivity contribution in [2.45, 2.75) is 155 Å². The van der Waals surface area contributed by atoms with Crippen molar-refractivity contribution in [2.24, 2.45) is 11.7 Å². The van der Waals surface area contributed by atoms with E-state index in [0.717, 1.165) is 6.92 Å². The van der Waals surface area contributed by atoms with Gasteiger partial charge < -0.3 is 95.3 Å². The second kappa shape index (κ2) is 24.3. The molecule has 27 heteroatoms. The lowest BCUT2D eigenvalue weighted by molar-refractivity contribution is -0.378. The lowest BCUT2D eigenvalue weighted by Gasteiger charge is -2.51. The number of aliphatic hydroxyl groups is 9. The van der Waals surface area contributed by atoms with Gasteiger partial charge in [-0.15, -0.1) is 5.10 Å². The first-order valence-corrected chi connectivity index (χ1v) is 23.8. The van der Waals surface area contributed by atoms with Crippen LogP contribution in [0.5, 0.6) is 0 Å². The van der Waals surface area contributed by atoms with Crippen molar-refractivity contribution >= 4 is 23.6 Å². The van der Waals surface area contributed by atoms with Gasteiger partial charge in [-0.25, -0.2) is 18.7 Å². The largest absolute Gasteiger partial charge is 0.477 e. The first kappa shape index (κ1) is 56.7. The van der Waals surface area contributed by atoms with Crippen LogP contribution in [0.15, 0.2) is 60.8 Å². The van der Waals surface area contributed by atoms with Gasteiger partial charge in [-0.2, -0.15) is 0 Å². The number of Topliss-reactive ketones (excluding diaryl/α,β-unsaturated/α-hetero) is 1. The van der Waals surface area contributed by atoms with Crippen LogP contribution in [-0.2, 0) is 47.5 Å². The maximum Gasteiger partial charge on any atom is 0.364 e. The van der Waals surface area contributed by atoms with Gasteiger partial charge in [-0.3, -0.25) is 9.59 Å². The molecule has 7 rings (SSSR count). The summed E-state index contributed by atoms with van der Waals surface area (Å²) in [6, 6.07) is 9.82. The fraction of sp³-hybridized carbons (Fsp3) is 0.617. The van der Waals surface area contributed by atoms with E-state index in [1.54, 1.807) is 12.1 Å². The van der Waals surface area contributed by atoms with E-state index in [4.69, 9.17) is 38.9 Å². The van der Waals surface area contributed by atoms with Gasteiger partial charge in [0.05, 0.1) is 55.4 Å². The number of aliphatic carboxylic acids is 1. The summed E-state index contributed by atoms with van der Waals surface area (Å²) in [5.74, 6) is -9.10. The van der Waals surface area contributed by atoms with Gasteiger partial charge in [0.25, 0.3) is 5.79 Å². The number of nitrogens with two attached hydrogens (primary N) is 1. The van der Waals surface area contributed by atoms with Crippen molar-refractivity contribution < 1.29 is 108 Å². The summed E-state index contributed by atoms with van der Waals surface area (Å²) < 4.78 is 58.8. The SMILES string of the molecule is CC(=O)NC1C(O)CC(OC2C(O)C(CO)OC(OC3CC(C(=O)CCN)CC(n4cc(-c5cccc(F)c5)nn4)C3OC3OC(C)C(O)C(O)C3O)C2OC(=O)c2ccccc2)(C(=O)O)OC1[C@H](O)[C@H](O)CO. The molecule has 0 spiro atoms. The Morgan fingerprint density at radius 2 is 1.65 bits per heavy atom. The zero-order valence-electron chi connectivity index (χ0n) is 40.0. The Hall–Kier alpha value is -5.05. The Balaban J connectivity index is 1.34. The predicted octanol–water partition coefficient (Wildman–Crippen LogP) is -3.61. The zero-order valence-corrected chi connectivity index (χ0v) is 40.0. The van der Waals surface area contributed by atoms with Gasteiger partial charge >= 0.3 is 11.9 Å². The molecule has 20 atom stereocenters. The molecule has 2 aromatic carbocycles. The molecule has 4 aliphatic rings. The number of aromatic nitrogens is 3. The topological polar surface area (TPSA) is 404 Å². The van der Waals surface area contributed by atoms with Crippen molar-refractivity contribution in [1.29, 1.82) is 0 Å². The molecule has 1 aromatic heterocycles. The number of carbonyl (C=O) groups is 4. The highest BCUT2D eigenvalue weighted by Crippen LogP contribution is 2.43. The molecule has 4 fully saturated rings. The van der Waals surface area contributed by atoms with Crippen molar-refractivity contribution in [3.05, 3.63) is 72.2 Å². The summed E-state index contributed by atoms with van der Waals surface area (Å²) in [5.41, 5.74) is 6.19. The van der Waals surface area contributed by atoms with Gasteiger partial charge in [0, 0.05) is 31.2 Å². The number of ketones is 1. The van der Waals surface area contributed by atoms with Crippen LogP contribution < -0.4 is 11.1 Å². The van der Waals surface area contributed by atoms with Crippen LogP contribution in [0.3, 0.4) is 0 Å². The Morgan fingerprint density at radius 3 is 2.30 bits per heavy atom. The minimum Gasteiger partial charge on any atom is -0.477 e. The lowest BCUT2D eigenvalue weighted by atomic mass is 9.78. The molecular weight excluding hydrogens is 990 g/mol. The Morgan fingerprint density at radius 1 is 0.919 bits per heavy atom. The molecule has 0 bridgehead atoms. The molecule has 74 heavy (non-hydrogen) atoms. The Labute approximate surface area is 421 Å². The number of esters is 1. The third kappa shape index (κ3) is 12.3. The van der Waals surface area contributed by atoms with E-state index < -0.39 is 165 Å². The number of carboxylic acid groups (broad SMARTS) is 1. The van der Waals surface area contributed by atoms with Crippen LogP contribution in [0.2, 0.25) is 0 Å². The molecule has 13 N–H and O–H groups in total. The molecule has 408 valence electrons. The average molecular weight is 1050 g/mol. The molecule has 1 aliphatic carbocycles. The maximum absolute atomic E-state index is 14.4. The van der Waals surface area contributed by atoms with Crippen molar-refractivity contribution in [3.63, 3.8) is 0 Å². The molecule has 18 unspecified atom stereocenters. The molecule has 3 aromatic rings. The van der Waals surface area contributed by atoms with Crippen molar-refractivity contribution in [1.82, 2.24) is 20.3 Å². The van der Waals surface area contributed by atoms with Gasteiger partial charge in [-0.05, 0) is 50.6 Å². The van der Waals surface area contributed by atoms with Gasteiger partial charge in [0.2, 0.25) is 5.91 Å². The van der Waals surface area contributed by atoms with Crippen LogP contribution in [0.4, 0.5) is 4.39 Å². The number of hydrogen-bond donors (Lipinski definition) is 12. The number of amides is 1. The lowest BCUT2D eigenvalue weighted by Crippen LogP contribution is -2.71. The molecule has 26 nitrogen and oxygen atoms in total. The average Bonchev–Trinajstić information content (AvgIpc) is 3.88. The summed E-state index contributed by atoms with van der Waals surface area (Å²) in [6.07, 6.45) is -30.2. The first-order valence-electron chi connectivity index (χ1n) is 23.8. The number of carboxylic acids is 1. The fourth-order valence-electron chi connectivity index (χ4n) is 9.68. The number of halogens is 1. The van der Waals surface area contributed by atoms with E-state index in [9.17, 15) is 74.6 Å². The van der Waals surface area contributed by atoms with Crippen LogP contribution in [0.25, 0.3) is 11.3 Å². The molecule has 4 heterocycles. The van der Waals surface area contributed by atoms with Gasteiger partial charge in [-0.1, -0.05) is 35.5 Å². The smallest absolute Gasteiger partial charge is 0.364 e. The Kier molecular flexibility index (Phi) is 18.6. The number of benzene rings is 2. The van der Waals surface area contributed by atoms with E-state index in [1.165, 1.54) is 60.3 Å². The maximum atomic E-state index is 14.4. The highest BCUT2D eigenvalue weighted by molar-refractivity contribution is 5.89. The van der Waals surface area contributed by atoms with Gasteiger partial charge in [0.15, 0.2) is 18.7 Å². The standard InChI is InChI=1S/C47H62FN5O21/c1-20-34(60)37(63)38(64)44(68-20)72-39-27(53-17-26(51-52-53)23-9-6-10-25(48)13-23)14-24(28(57)11-12-49)15-31(39)69-45-42(71-43(65)22-7-4-3-5-8-22)41(36(62)32(19-55)70-45)74-47(46(66)67)16-29(58)33(50-21(2)56)40(73-47)35(61)30(59)18-54/h3-10,13,17,20,24,27,29-42,44-45,54-55,58-64H,11-12,14-16,18-19,49H2,1-2H3,(H,50,56)(H,66,67)/t20?,24?,27?,29?,30-,31?,32?,33?,34?,35-,36?,37?,38?,39?,40?,41?,42?,44?,45?,47?/m1/s1. The Bertz CT molecular complexity index is 2390. The van der Waals surface area contributed by atoms with Crippen LogP contribution >= 0.6 is 0 Å². The number of hydrogen-bond acceptors (Lipinski definition) is 23. The van der Waals surface area contributed by atoms with Crippen molar-refractivity contribution in [3.8, 4) is 11.3 Å². The molecular formula is C47H62FN5O21. The summed E-state index contributed by atoms with van der Waals surface area (Å²) in [7, 11) is 0. The third-order valence-corrected chi connectivity index (χ3v) is 13.6. The number of nitrogens with zero attached hydrogens (tertiary/aromatic N) is 3. The molecule has 3 saturated heterocycles. The highest BCUT2D eigenvalue weighted by atomic mass is 19.1. The number of ether oxygens (including phenoxy) is 7. The van der Waals surface area contributed by atoms with Crippen LogP contribution in [0.1, 0.15) is 55.9 Å². The van der Waals surface area contributed by atoms with E-state index in [2.05, 4.69) is 15.6 Å². The molecule has 0 radical (unpaired) electrons. The summed E-state index contributed by atoms with van der Waals surface area (Å²) in [5, 5.41) is 120. The minimum atomic E-state index is -3.19. The second-order valence-corrected chi connectivity index (χ2v) is 18.7. The predicted molar refractivity (Wildman–Crippen MR) is 243 cm³/mol. The minimum absolute atomic E-state index is 0.0818. The highest BCUT2D eigenvalue weighted by Gasteiger charge is 2.61. The number of rotatable bonds is 19. The zero-order chi connectivity index (χ0) is 53.8. The first-order chi connectivity index (χ1) is 35.2. The summed E-state index contributed by atoms with van der Waals surface area (Å²) >= 11 is 0. The number of aliphatic hydroxyl groups excluding tert-OH is 9. The second-order valence-electron chi connectivity index (χ2n) is 18.7.